The third kappa shape index (κ3) is 2.51. The zero-order valence-electron chi connectivity index (χ0n) is 11.0. The molecule has 0 amide bonds. The van der Waals surface area contributed by atoms with Crippen molar-refractivity contribution < 1.29 is 4.74 Å². The van der Waals surface area contributed by atoms with Crippen LogP contribution in [0.3, 0.4) is 0 Å². The van der Waals surface area contributed by atoms with Crippen molar-refractivity contribution in [2.45, 2.75) is 27.3 Å². The molecule has 0 fully saturated rings. The predicted octanol–water partition coefficient (Wildman–Crippen LogP) is 3.26. The zero-order chi connectivity index (χ0) is 13.1. The maximum atomic E-state index is 5.82. The first-order chi connectivity index (χ1) is 8.61. The lowest BCUT2D eigenvalue weighted by Gasteiger charge is -2.11. The molecule has 3 heteroatoms. The Labute approximate surface area is 108 Å². The maximum absolute atomic E-state index is 5.82. The number of hydrogen-bond donors (Lipinski definition) is 1. The van der Waals surface area contributed by atoms with E-state index in [4.69, 9.17) is 10.5 Å². The molecule has 2 aromatic rings. The van der Waals surface area contributed by atoms with Gasteiger partial charge in [0.2, 0.25) is 5.88 Å². The lowest BCUT2D eigenvalue weighted by atomic mass is 10.1. The van der Waals surface area contributed by atoms with Crippen LogP contribution in [0, 0.1) is 20.8 Å². The molecule has 0 spiro atoms. The summed E-state index contributed by atoms with van der Waals surface area (Å²) in [7, 11) is 0. The van der Waals surface area contributed by atoms with Gasteiger partial charge in [0, 0.05) is 18.3 Å². The van der Waals surface area contributed by atoms with Gasteiger partial charge in [-0.1, -0.05) is 18.2 Å². The molecule has 0 aliphatic carbocycles. The minimum atomic E-state index is 0.503. The van der Waals surface area contributed by atoms with Crippen molar-refractivity contribution in [3.8, 4) is 11.6 Å². The van der Waals surface area contributed by atoms with E-state index in [1.807, 2.05) is 38.1 Å². The van der Waals surface area contributed by atoms with Gasteiger partial charge in [-0.05, 0) is 43.5 Å². The van der Waals surface area contributed by atoms with Crippen LogP contribution in [0.15, 0.2) is 30.3 Å². The lowest BCUT2D eigenvalue weighted by molar-refractivity contribution is 0.457. The number of hydrogen-bond acceptors (Lipinski definition) is 3. The summed E-state index contributed by atoms with van der Waals surface area (Å²) in [6, 6.07) is 9.83. The first-order valence-corrected chi connectivity index (χ1v) is 6.02. The molecule has 0 aliphatic heterocycles. The Morgan fingerprint density at radius 2 is 1.89 bits per heavy atom. The molecule has 2 N–H and O–H groups in total. The Balaban J connectivity index is 2.29. The molecule has 1 heterocycles. The van der Waals surface area contributed by atoms with Crippen molar-refractivity contribution >= 4 is 0 Å². The Bertz CT molecular complexity index is 564. The fourth-order valence-corrected chi connectivity index (χ4v) is 1.79. The number of aromatic nitrogens is 1. The number of nitrogens with two attached hydrogens (primary N) is 1. The van der Waals surface area contributed by atoms with Crippen LogP contribution in [0.5, 0.6) is 11.6 Å². The van der Waals surface area contributed by atoms with E-state index in [0.717, 1.165) is 22.6 Å². The summed E-state index contributed by atoms with van der Waals surface area (Å²) in [4.78, 5) is 4.41. The van der Waals surface area contributed by atoms with Gasteiger partial charge >= 0.3 is 0 Å². The summed E-state index contributed by atoms with van der Waals surface area (Å²) < 4.78 is 5.82. The largest absolute Gasteiger partial charge is 0.439 e. The molecule has 0 aliphatic rings. The highest BCUT2D eigenvalue weighted by Gasteiger charge is 2.06. The monoisotopic (exact) mass is 242 g/mol. The predicted molar refractivity (Wildman–Crippen MR) is 72.9 cm³/mol. The normalized spacial score (nSPS) is 10.4. The highest BCUT2D eigenvalue weighted by atomic mass is 16.5. The minimum absolute atomic E-state index is 0.503. The van der Waals surface area contributed by atoms with Crippen LogP contribution in [0.4, 0.5) is 0 Å². The Morgan fingerprint density at radius 3 is 2.56 bits per heavy atom. The van der Waals surface area contributed by atoms with Crippen molar-refractivity contribution in [2.24, 2.45) is 5.73 Å². The van der Waals surface area contributed by atoms with Crippen LogP contribution in [-0.2, 0) is 6.54 Å². The Morgan fingerprint density at radius 1 is 1.11 bits per heavy atom. The van der Waals surface area contributed by atoms with Gasteiger partial charge in [-0.2, -0.15) is 0 Å². The molecular weight excluding hydrogens is 224 g/mol. The van der Waals surface area contributed by atoms with Crippen molar-refractivity contribution in [3.05, 3.63) is 52.7 Å². The number of aryl methyl sites for hydroxylation is 2. The van der Waals surface area contributed by atoms with E-state index < -0.39 is 0 Å². The van der Waals surface area contributed by atoms with Crippen LogP contribution in [-0.4, -0.2) is 4.98 Å². The molecule has 3 nitrogen and oxygen atoms in total. The second kappa shape index (κ2) is 5.19. The average Bonchev–Trinajstić information content (AvgIpc) is 2.35. The van der Waals surface area contributed by atoms with E-state index in [-0.39, 0.29) is 0 Å². The summed E-state index contributed by atoms with van der Waals surface area (Å²) in [5, 5.41) is 0. The van der Waals surface area contributed by atoms with Gasteiger partial charge in [0.25, 0.3) is 0 Å². The average molecular weight is 242 g/mol. The molecule has 0 saturated heterocycles. The maximum Gasteiger partial charge on any atom is 0.219 e. The fourth-order valence-electron chi connectivity index (χ4n) is 1.79. The molecule has 0 unspecified atom stereocenters. The number of rotatable bonds is 3. The van der Waals surface area contributed by atoms with Gasteiger partial charge in [-0.15, -0.1) is 0 Å². The molecule has 0 bridgehead atoms. The Hall–Kier alpha value is -1.87. The van der Waals surface area contributed by atoms with E-state index in [9.17, 15) is 0 Å². The van der Waals surface area contributed by atoms with Crippen molar-refractivity contribution in [2.75, 3.05) is 0 Å². The van der Waals surface area contributed by atoms with Gasteiger partial charge in [0.1, 0.15) is 5.75 Å². The van der Waals surface area contributed by atoms with Crippen molar-refractivity contribution in [3.63, 3.8) is 0 Å². The molecule has 0 atom stereocenters. The quantitative estimate of drug-likeness (QED) is 0.898. The zero-order valence-corrected chi connectivity index (χ0v) is 11.0. The molecule has 18 heavy (non-hydrogen) atoms. The third-order valence-corrected chi connectivity index (χ3v) is 3.16. The van der Waals surface area contributed by atoms with Gasteiger partial charge in [-0.3, -0.25) is 0 Å². The molecule has 2 rings (SSSR count). The number of ether oxygens (including phenoxy) is 1. The number of benzene rings is 1. The molecule has 0 saturated carbocycles. The highest BCUT2D eigenvalue weighted by molar-refractivity contribution is 5.40. The summed E-state index contributed by atoms with van der Waals surface area (Å²) in [6.07, 6.45) is 0. The van der Waals surface area contributed by atoms with Gasteiger partial charge in [-0.25, -0.2) is 4.98 Å². The standard InChI is InChI=1S/C15H18N2O/c1-10-5-4-6-14(11(10)2)18-15-8-7-13(9-16)12(3)17-15/h4-8H,9,16H2,1-3H3. The summed E-state index contributed by atoms with van der Waals surface area (Å²) in [5.74, 6) is 1.46. The van der Waals surface area contributed by atoms with Gasteiger partial charge < -0.3 is 10.5 Å². The van der Waals surface area contributed by atoms with Crippen molar-refractivity contribution in [1.82, 2.24) is 4.98 Å². The Kier molecular flexibility index (Phi) is 3.63. The number of pyridine rings is 1. The molecule has 94 valence electrons. The van der Waals surface area contributed by atoms with Crippen LogP contribution >= 0.6 is 0 Å². The molecular formula is C15H18N2O. The molecule has 1 aromatic heterocycles. The van der Waals surface area contributed by atoms with Gasteiger partial charge in [0.05, 0.1) is 0 Å². The van der Waals surface area contributed by atoms with Crippen LogP contribution in [0.2, 0.25) is 0 Å². The summed E-state index contributed by atoms with van der Waals surface area (Å²) >= 11 is 0. The lowest BCUT2D eigenvalue weighted by Crippen LogP contribution is -2.01. The van der Waals surface area contributed by atoms with E-state index in [1.54, 1.807) is 0 Å². The SMILES string of the molecule is Cc1cccc(Oc2ccc(CN)c(C)n2)c1C. The highest BCUT2D eigenvalue weighted by Crippen LogP contribution is 2.26. The van der Waals surface area contributed by atoms with Crippen LogP contribution in [0.25, 0.3) is 0 Å². The second-order valence-corrected chi connectivity index (χ2v) is 4.40. The molecule has 0 radical (unpaired) electrons. The van der Waals surface area contributed by atoms with E-state index in [2.05, 4.69) is 18.0 Å². The van der Waals surface area contributed by atoms with Gasteiger partial charge in [0.15, 0.2) is 0 Å². The smallest absolute Gasteiger partial charge is 0.219 e. The third-order valence-electron chi connectivity index (χ3n) is 3.16. The summed E-state index contributed by atoms with van der Waals surface area (Å²) in [5.41, 5.74) is 9.93. The van der Waals surface area contributed by atoms with E-state index in [1.165, 1.54) is 5.56 Å². The van der Waals surface area contributed by atoms with E-state index >= 15 is 0 Å². The van der Waals surface area contributed by atoms with Crippen LogP contribution < -0.4 is 10.5 Å². The van der Waals surface area contributed by atoms with Crippen LogP contribution in [0.1, 0.15) is 22.4 Å². The topological polar surface area (TPSA) is 48.1 Å². The number of nitrogens with zero attached hydrogens (tertiary/aromatic N) is 1. The molecule has 1 aromatic carbocycles. The fraction of sp³-hybridized carbons (Fsp3) is 0.267. The first-order valence-electron chi connectivity index (χ1n) is 6.02. The minimum Gasteiger partial charge on any atom is -0.439 e. The first kappa shape index (κ1) is 12.6. The summed E-state index contributed by atoms with van der Waals surface area (Å²) in [6.45, 7) is 6.56. The second-order valence-electron chi connectivity index (χ2n) is 4.40. The van der Waals surface area contributed by atoms with E-state index in [0.29, 0.717) is 12.4 Å². The van der Waals surface area contributed by atoms with Crippen molar-refractivity contribution in [1.29, 1.82) is 0 Å².